The van der Waals surface area contributed by atoms with E-state index in [0.29, 0.717) is 6.04 Å². The molecule has 2 aromatic rings. The molecule has 0 spiro atoms. The van der Waals surface area contributed by atoms with Crippen LogP contribution in [0, 0.1) is 13.8 Å². The van der Waals surface area contributed by atoms with Crippen molar-refractivity contribution in [3.8, 4) is 0 Å². The minimum Gasteiger partial charge on any atom is -0.378 e. The maximum Gasteiger partial charge on any atom is 0.0493 e. The van der Waals surface area contributed by atoms with E-state index in [1.807, 2.05) is 0 Å². The van der Waals surface area contributed by atoms with Crippen LogP contribution in [0.25, 0.3) is 0 Å². The molecule has 2 heteroatoms. The molecule has 2 rings (SSSR count). The van der Waals surface area contributed by atoms with E-state index in [1.54, 1.807) is 11.3 Å². The summed E-state index contributed by atoms with van der Waals surface area (Å²) < 4.78 is 0. The Morgan fingerprint density at radius 3 is 2.69 bits per heavy atom. The van der Waals surface area contributed by atoms with E-state index < -0.39 is 0 Å². The van der Waals surface area contributed by atoms with Crippen molar-refractivity contribution in [3.63, 3.8) is 0 Å². The van der Waals surface area contributed by atoms with Crippen LogP contribution < -0.4 is 5.32 Å². The molecular weight excluding hydrogens is 214 g/mol. The SMILES string of the molecule is Cc1ccc(C)c(NC(C)c2ccsc2)c1. The van der Waals surface area contributed by atoms with Crippen molar-refractivity contribution in [2.24, 2.45) is 0 Å². The molecule has 0 aliphatic heterocycles. The zero-order chi connectivity index (χ0) is 11.5. The number of hydrogen-bond acceptors (Lipinski definition) is 2. The quantitative estimate of drug-likeness (QED) is 0.818. The first-order valence-electron chi connectivity index (χ1n) is 5.52. The van der Waals surface area contributed by atoms with Gasteiger partial charge in [-0.15, -0.1) is 0 Å². The van der Waals surface area contributed by atoms with Crippen molar-refractivity contribution in [2.45, 2.75) is 26.8 Å². The van der Waals surface area contributed by atoms with Crippen LogP contribution >= 0.6 is 11.3 Å². The zero-order valence-electron chi connectivity index (χ0n) is 9.95. The molecule has 0 saturated carbocycles. The molecule has 1 atom stereocenters. The average Bonchev–Trinajstić information content (AvgIpc) is 2.76. The molecule has 0 amide bonds. The largest absolute Gasteiger partial charge is 0.378 e. The van der Waals surface area contributed by atoms with Crippen LogP contribution in [-0.2, 0) is 0 Å². The van der Waals surface area contributed by atoms with E-state index in [9.17, 15) is 0 Å². The van der Waals surface area contributed by atoms with Crippen LogP contribution in [0.1, 0.15) is 29.7 Å². The minimum atomic E-state index is 0.367. The molecular formula is C14H17NS. The fraction of sp³-hybridized carbons (Fsp3) is 0.286. The van der Waals surface area contributed by atoms with Crippen LogP contribution in [0.3, 0.4) is 0 Å². The fourth-order valence-electron chi connectivity index (χ4n) is 1.73. The molecule has 0 radical (unpaired) electrons. The second-order valence-electron chi connectivity index (χ2n) is 4.24. The normalized spacial score (nSPS) is 12.4. The first-order chi connectivity index (χ1) is 7.66. The van der Waals surface area contributed by atoms with Gasteiger partial charge in [0.15, 0.2) is 0 Å². The summed E-state index contributed by atoms with van der Waals surface area (Å²) in [6.07, 6.45) is 0. The maximum absolute atomic E-state index is 3.56. The number of rotatable bonds is 3. The summed E-state index contributed by atoms with van der Waals surface area (Å²) in [6.45, 7) is 6.46. The van der Waals surface area contributed by atoms with Crippen LogP contribution in [0.5, 0.6) is 0 Å². The van der Waals surface area contributed by atoms with Gasteiger partial charge in [0.1, 0.15) is 0 Å². The average molecular weight is 231 g/mol. The van der Waals surface area contributed by atoms with Crippen molar-refractivity contribution < 1.29 is 0 Å². The predicted molar refractivity (Wildman–Crippen MR) is 72.3 cm³/mol. The smallest absolute Gasteiger partial charge is 0.0493 e. The Balaban J connectivity index is 2.17. The molecule has 1 N–H and O–H groups in total. The molecule has 0 saturated heterocycles. The molecule has 0 aliphatic rings. The van der Waals surface area contributed by atoms with Gasteiger partial charge in [-0.25, -0.2) is 0 Å². The molecule has 1 nitrogen and oxygen atoms in total. The van der Waals surface area contributed by atoms with Gasteiger partial charge in [-0.1, -0.05) is 12.1 Å². The molecule has 1 heterocycles. The van der Waals surface area contributed by atoms with Gasteiger partial charge in [0, 0.05) is 11.7 Å². The highest BCUT2D eigenvalue weighted by molar-refractivity contribution is 7.07. The topological polar surface area (TPSA) is 12.0 Å². The Labute approximate surface area is 101 Å². The van der Waals surface area contributed by atoms with Gasteiger partial charge in [0.2, 0.25) is 0 Å². The highest BCUT2D eigenvalue weighted by Crippen LogP contribution is 2.24. The van der Waals surface area contributed by atoms with Gasteiger partial charge in [0.25, 0.3) is 0 Å². The Morgan fingerprint density at radius 1 is 1.19 bits per heavy atom. The van der Waals surface area contributed by atoms with Crippen LogP contribution in [0.2, 0.25) is 0 Å². The van der Waals surface area contributed by atoms with E-state index >= 15 is 0 Å². The molecule has 1 aromatic carbocycles. The third kappa shape index (κ3) is 2.45. The number of anilines is 1. The van der Waals surface area contributed by atoms with E-state index in [0.717, 1.165) is 0 Å². The molecule has 0 bridgehead atoms. The Morgan fingerprint density at radius 2 is 2.00 bits per heavy atom. The minimum absolute atomic E-state index is 0.367. The predicted octanol–water partition coefficient (Wildman–Crippen LogP) is 4.54. The summed E-state index contributed by atoms with van der Waals surface area (Å²) in [4.78, 5) is 0. The lowest BCUT2D eigenvalue weighted by atomic mass is 10.1. The highest BCUT2D eigenvalue weighted by Gasteiger charge is 2.06. The van der Waals surface area contributed by atoms with Crippen molar-refractivity contribution in [3.05, 3.63) is 51.7 Å². The Bertz CT molecular complexity index is 460. The second-order valence-corrected chi connectivity index (χ2v) is 5.02. The number of hydrogen-bond donors (Lipinski definition) is 1. The highest BCUT2D eigenvalue weighted by atomic mass is 32.1. The lowest BCUT2D eigenvalue weighted by molar-refractivity contribution is 0.888. The van der Waals surface area contributed by atoms with Crippen LogP contribution in [0.4, 0.5) is 5.69 Å². The van der Waals surface area contributed by atoms with Gasteiger partial charge in [0.05, 0.1) is 0 Å². The lowest BCUT2D eigenvalue weighted by Gasteiger charge is -2.16. The number of benzene rings is 1. The number of aryl methyl sites for hydroxylation is 2. The third-order valence-corrected chi connectivity index (χ3v) is 3.51. The molecule has 0 fully saturated rings. The monoisotopic (exact) mass is 231 g/mol. The van der Waals surface area contributed by atoms with Crippen LogP contribution in [-0.4, -0.2) is 0 Å². The number of thiophene rings is 1. The van der Waals surface area contributed by atoms with Crippen molar-refractivity contribution in [2.75, 3.05) is 5.32 Å². The van der Waals surface area contributed by atoms with E-state index in [4.69, 9.17) is 0 Å². The van der Waals surface area contributed by atoms with Crippen molar-refractivity contribution in [1.82, 2.24) is 0 Å². The summed E-state index contributed by atoms with van der Waals surface area (Å²) in [5.74, 6) is 0. The summed E-state index contributed by atoms with van der Waals surface area (Å²) in [7, 11) is 0. The standard InChI is InChI=1S/C14H17NS/c1-10-4-5-11(2)14(8-10)15-12(3)13-6-7-16-9-13/h4-9,12,15H,1-3H3. The summed E-state index contributed by atoms with van der Waals surface area (Å²) >= 11 is 1.75. The second kappa shape index (κ2) is 4.71. The van der Waals surface area contributed by atoms with Crippen molar-refractivity contribution in [1.29, 1.82) is 0 Å². The molecule has 1 aromatic heterocycles. The van der Waals surface area contributed by atoms with Crippen LogP contribution in [0.15, 0.2) is 35.0 Å². The maximum atomic E-state index is 3.56. The Kier molecular flexibility index (Phi) is 3.30. The first kappa shape index (κ1) is 11.2. The molecule has 84 valence electrons. The third-order valence-electron chi connectivity index (χ3n) is 2.81. The molecule has 16 heavy (non-hydrogen) atoms. The van der Waals surface area contributed by atoms with E-state index in [1.165, 1.54) is 22.4 Å². The zero-order valence-corrected chi connectivity index (χ0v) is 10.8. The van der Waals surface area contributed by atoms with E-state index in [2.05, 4.69) is 61.1 Å². The van der Waals surface area contributed by atoms with Gasteiger partial charge >= 0.3 is 0 Å². The summed E-state index contributed by atoms with van der Waals surface area (Å²) in [6, 6.07) is 9.06. The molecule has 1 unspecified atom stereocenters. The first-order valence-corrected chi connectivity index (χ1v) is 6.47. The van der Waals surface area contributed by atoms with Gasteiger partial charge < -0.3 is 5.32 Å². The summed E-state index contributed by atoms with van der Waals surface area (Å²) in [5, 5.41) is 7.88. The van der Waals surface area contributed by atoms with Gasteiger partial charge in [-0.2, -0.15) is 11.3 Å². The molecule has 0 aliphatic carbocycles. The van der Waals surface area contributed by atoms with Gasteiger partial charge in [-0.3, -0.25) is 0 Å². The summed E-state index contributed by atoms with van der Waals surface area (Å²) in [5.41, 5.74) is 5.18. The van der Waals surface area contributed by atoms with E-state index in [-0.39, 0.29) is 0 Å². The Hall–Kier alpha value is -1.28. The van der Waals surface area contributed by atoms with Gasteiger partial charge in [-0.05, 0) is 60.4 Å². The lowest BCUT2D eigenvalue weighted by Crippen LogP contribution is -2.06. The van der Waals surface area contributed by atoms with Crippen molar-refractivity contribution >= 4 is 17.0 Å². The number of nitrogens with one attached hydrogen (secondary N) is 1. The fourth-order valence-corrected chi connectivity index (χ4v) is 2.48.